The monoisotopic (exact) mass is 282 g/mol. The van der Waals surface area contributed by atoms with Gasteiger partial charge in [0.2, 0.25) is 0 Å². The third kappa shape index (κ3) is 3.14. The molecular formula is C12H14N2O6. The van der Waals surface area contributed by atoms with Crippen molar-refractivity contribution in [3.05, 3.63) is 32.4 Å². The van der Waals surface area contributed by atoms with Crippen LogP contribution in [0.5, 0.6) is 11.5 Å². The van der Waals surface area contributed by atoms with Crippen LogP contribution in [-0.4, -0.2) is 23.1 Å². The molecule has 1 aliphatic heterocycles. The molecule has 0 saturated carbocycles. The highest BCUT2D eigenvalue weighted by Crippen LogP contribution is 2.39. The smallest absolute Gasteiger partial charge is 0.350 e. The number of ether oxygens (including phenoxy) is 2. The Labute approximate surface area is 114 Å². The SMILES string of the molecule is O=[N+]([O-])c1cc2c(cc1[N+](=O)[O-])OCCCCCCO2. The summed E-state index contributed by atoms with van der Waals surface area (Å²) in [5.74, 6) is 0.369. The van der Waals surface area contributed by atoms with Crippen molar-refractivity contribution in [2.24, 2.45) is 0 Å². The summed E-state index contributed by atoms with van der Waals surface area (Å²) in [5, 5.41) is 21.8. The lowest BCUT2D eigenvalue weighted by molar-refractivity contribution is -0.422. The standard InChI is InChI=1S/C12H14N2O6/c15-13(16)9-7-11-12(8-10(9)14(17)18)20-6-4-2-1-3-5-19-11/h7-8H,1-6H2. The predicted molar refractivity (Wildman–Crippen MR) is 69.2 cm³/mol. The molecule has 2 rings (SSSR count). The fourth-order valence-corrected chi connectivity index (χ4v) is 1.98. The number of hydrogen-bond acceptors (Lipinski definition) is 6. The number of nitrogens with zero attached hydrogens (tertiary/aromatic N) is 2. The van der Waals surface area contributed by atoms with Crippen molar-refractivity contribution < 1.29 is 19.3 Å². The maximum Gasteiger partial charge on any atom is 0.350 e. The second-order valence-corrected chi connectivity index (χ2v) is 4.41. The maximum absolute atomic E-state index is 10.9. The molecule has 1 aliphatic rings. The van der Waals surface area contributed by atoms with Gasteiger partial charge in [0, 0.05) is 0 Å². The van der Waals surface area contributed by atoms with Crippen molar-refractivity contribution in [1.82, 2.24) is 0 Å². The van der Waals surface area contributed by atoms with Crippen molar-refractivity contribution in [2.45, 2.75) is 25.7 Å². The Bertz CT molecular complexity index is 484. The Morgan fingerprint density at radius 1 is 0.800 bits per heavy atom. The van der Waals surface area contributed by atoms with Crippen LogP contribution in [0.15, 0.2) is 12.1 Å². The zero-order valence-corrected chi connectivity index (χ0v) is 10.7. The average Bonchev–Trinajstić information content (AvgIpc) is 2.42. The quantitative estimate of drug-likeness (QED) is 0.610. The van der Waals surface area contributed by atoms with E-state index in [1.165, 1.54) is 0 Å². The minimum absolute atomic E-state index is 0.184. The largest absolute Gasteiger partial charge is 0.489 e. The summed E-state index contributed by atoms with van der Waals surface area (Å²) in [4.78, 5) is 20.2. The van der Waals surface area contributed by atoms with Gasteiger partial charge in [-0.05, 0) is 25.7 Å². The van der Waals surface area contributed by atoms with E-state index < -0.39 is 21.2 Å². The van der Waals surface area contributed by atoms with E-state index in [1.54, 1.807) is 0 Å². The van der Waals surface area contributed by atoms with E-state index in [1.807, 2.05) is 0 Å². The Morgan fingerprint density at radius 2 is 1.20 bits per heavy atom. The van der Waals surface area contributed by atoms with E-state index in [4.69, 9.17) is 9.47 Å². The number of fused-ring (bicyclic) bond motifs is 1. The Balaban J connectivity index is 2.43. The summed E-state index contributed by atoms with van der Waals surface area (Å²) in [5.41, 5.74) is -1.18. The molecule has 108 valence electrons. The van der Waals surface area contributed by atoms with Crippen LogP contribution in [0.3, 0.4) is 0 Å². The molecule has 0 aliphatic carbocycles. The first-order chi connectivity index (χ1) is 9.59. The van der Waals surface area contributed by atoms with E-state index in [0.29, 0.717) is 13.2 Å². The predicted octanol–water partition coefficient (Wildman–Crippen LogP) is 2.83. The summed E-state index contributed by atoms with van der Waals surface area (Å²) in [7, 11) is 0. The highest BCUT2D eigenvalue weighted by atomic mass is 16.6. The first kappa shape index (κ1) is 14.0. The number of nitro benzene ring substituents is 2. The zero-order chi connectivity index (χ0) is 14.5. The normalized spacial score (nSPS) is 15.4. The number of rotatable bonds is 2. The summed E-state index contributed by atoms with van der Waals surface area (Å²) in [6, 6.07) is 2.13. The van der Waals surface area contributed by atoms with Crippen LogP contribution >= 0.6 is 0 Å². The fourth-order valence-electron chi connectivity index (χ4n) is 1.98. The number of nitro groups is 2. The minimum atomic E-state index is -0.791. The molecule has 8 nitrogen and oxygen atoms in total. The molecule has 0 radical (unpaired) electrons. The van der Waals surface area contributed by atoms with Crippen molar-refractivity contribution >= 4 is 11.4 Å². The molecule has 8 heteroatoms. The molecule has 0 aromatic heterocycles. The van der Waals surface area contributed by atoms with Crippen molar-refractivity contribution in [3.8, 4) is 11.5 Å². The summed E-state index contributed by atoms with van der Waals surface area (Å²) in [6.07, 6.45) is 3.66. The topological polar surface area (TPSA) is 105 Å². The van der Waals surface area contributed by atoms with Crippen LogP contribution < -0.4 is 9.47 Å². The molecule has 1 aromatic rings. The van der Waals surface area contributed by atoms with E-state index in [0.717, 1.165) is 37.8 Å². The molecule has 0 amide bonds. The zero-order valence-electron chi connectivity index (χ0n) is 10.7. The molecule has 0 atom stereocenters. The first-order valence-electron chi connectivity index (χ1n) is 6.32. The molecule has 1 heterocycles. The minimum Gasteiger partial charge on any atom is -0.489 e. The molecule has 0 bridgehead atoms. The van der Waals surface area contributed by atoms with Crippen molar-refractivity contribution in [3.63, 3.8) is 0 Å². The molecule has 0 spiro atoms. The number of hydrogen-bond donors (Lipinski definition) is 0. The van der Waals surface area contributed by atoms with Gasteiger partial charge in [0.25, 0.3) is 0 Å². The Kier molecular flexibility index (Phi) is 4.34. The van der Waals surface area contributed by atoms with Gasteiger partial charge in [0.15, 0.2) is 11.5 Å². The van der Waals surface area contributed by atoms with Crippen LogP contribution in [0.4, 0.5) is 11.4 Å². The fraction of sp³-hybridized carbons (Fsp3) is 0.500. The molecule has 0 saturated heterocycles. The van der Waals surface area contributed by atoms with Crippen LogP contribution in [0, 0.1) is 20.2 Å². The lowest BCUT2D eigenvalue weighted by Crippen LogP contribution is -2.07. The highest BCUT2D eigenvalue weighted by Gasteiger charge is 2.28. The van der Waals surface area contributed by atoms with Gasteiger partial charge in [-0.25, -0.2) is 0 Å². The molecule has 0 N–H and O–H groups in total. The van der Waals surface area contributed by atoms with Crippen LogP contribution in [0.1, 0.15) is 25.7 Å². The lowest BCUT2D eigenvalue weighted by Gasteiger charge is -2.14. The van der Waals surface area contributed by atoms with Crippen molar-refractivity contribution in [1.29, 1.82) is 0 Å². The molecule has 20 heavy (non-hydrogen) atoms. The molecular weight excluding hydrogens is 268 g/mol. The van der Waals surface area contributed by atoms with E-state index >= 15 is 0 Å². The Hall–Kier alpha value is -2.38. The van der Waals surface area contributed by atoms with E-state index in [-0.39, 0.29) is 11.5 Å². The van der Waals surface area contributed by atoms with E-state index in [2.05, 4.69) is 0 Å². The second kappa shape index (κ2) is 6.18. The third-order valence-electron chi connectivity index (χ3n) is 2.99. The van der Waals surface area contributed by atoms with Crippen molar-refractivity contribution in [2.75, 3.05) is 13.2 Å². The van der Waals surface area contributed by atoms with Gasteiger partial charge < -0.3 is 9.47 Å². The Morgan fingerprint density at radius 3 is 1.55 bits per heavy atom. The lowest BCUT2D eigenvalue weighted by atomic mass is 10.2. The molecule has 1 aromatic carbocycles. The third-order valence-corrected chi connectivity index (χ3v) is 2.99. The summed E-state index contributed by atoms with van der Waals surface area (Å²) < 4.78 is 10.9. The van der Waals surface area contributed by atoms with E-state index in [9.17, 15) is 20.2 Å². The second-order valence-electron chi connectivity index (χ2n) is 4.41. The average molecular weight is 282 g/mol. The van der Waals surface area contributed by atoms with Gasteiger partial charge in [-0.3, -0.25) is 20.2 Å². The number of benzene rings is 1. The molecule has 0 fully saturated rings. The summed E-state index contributed by atoms with van der Waals surface area (Å²) >= 11 is 0. The van der Waals surface area contributed by atoms with Gasteiger partial charge in [-0.1, -0.05) is 0 Å². The van der Waals surface area contributed by atoms with Gasteiger partial charge >= 0.3 is 11.4 Å². The first-order valence-corrected chi connectivity index (χ1v) is 6.32. The van der Waals surface area contributed by atoms with Crippen LogP contribution in [0.2, 0.25) is 0 Å². The highest BCUT2D eigenvalue weighted by molar-refractivity contribution is 5.62. The summed E-state index contributed by atoms with van der Waals surface area (Å²) in [6.45, 7) is 0.816. The maximum atomic E-state index is 10.9. The van der Waals surface area contributed by atoms with Gasteiger partial charge in [0.05, 0.1) is 35.2 Å². The van der Waals surface area contributed by atoms with Gasteiger partial charge in [-0.2, -0.15) is 0 Å². The van der Waals surface area contributed by atoms with Crippen LogP contribution in [-0.2, 0) is 0 Å². The van der Waals surface area contributed by atoms with Crippen LogP contribution in [0.25, 0.3) is 0 Å². The van der Waals surface area contributed by atoms with Gasteiger partial charge in [-0.15, -0.1) is 0 Å². The molecule has 0 unspecified atom stereocenters. The van der Waals surface area contributed by atoms with Gasteiger partial charge in [0.1, 0.15) is 0 Å².